The number of benzene rings is 1. The third-order valence-corrected chi connectivity index (χ3v) is 4.69. The molecule has 1 N–H and O–H groups in total. The largest absolute Gasteiger partial charge is 0.338 e. The van der Waals surface area contributed by atoms with Gasteiger partial charge in [-0.2, -0.15) is 5.10 Å². The van der Waals surface area contributed by atoms with Crippen LogP contribution in [0.4, 0.5) is 5.95 Å². The maximum Gasteiger partial charge on any atom is 0.232 e. The summed E-state index contributed by atoms with van der Waals surface area (Å²) in [5.74, 6) is -0.455. The van der Waals surface area contributed by atoms with Crippen molar-refractivity contribution >= 4 is 17.8 Å². The molecule has 2 aromatic heterocycles. The van der Waals surface area contributed by atoms with E-state index in [0.717, 1.165) is 11.1 Å². The molecule has 0 radical (unpaired) electrons. The number of nitrogens with one attached hydrogen (secondary N) is 1. The van der Waals surface area contributed by atoms with Crippen LogP contribution in [0.3, 0.4) is 0 Å². The summed E-state index contributed by atoms with van der Waals surface area (Å²) in [5.41, 5.74) is 2.56. The van der Waals surface area contributed by atoms with Crippen LogP contribution in [-0.4, -0.2) is 43.0 Å². The predicted molar refractivity (Wildman–Crippen MR) is 103 cm³/mol. The number of hydrogen-bond acceptors (Lipinski definition) is 5. The second-order valence-corrected chi connectivity index (χ2v) is 6.82. The van der Waals surface area contributed by atoms with Gasteiger partial charge < -0.3 is 4.90 Å². The molecule has 28 heavy (non-hydrogen) atoms. The van der Waals surface area contributed by atoms with Crippen molar-refractivity contribution < 1.29 is 9.59 Å². The van der Waals surface area contributed by atoms with E-state index in [-0.39, 0.29) is 24.2 Å². The van der Waals surface area contributed by atoms with E-state index in [1.165, 1.54) is 0 Å². The van der Waals surface area contributed by atoms with Crippen LogP contribution in [0.2, 0.25) is 0 Å². The predicted octanol–water partition coefficient (Wildman–Crippen LogP) is 1.86. The second kappa shape index (κ2) is 7.59. The maximum absolute atomic E-state index is 12.6. The van der Waals surface area contributed by atoms with Crippen molar-refractivity contribution in [2.24, 2.45) is 13.0 Å². The number of nitrogens with zero attached hydrogens (tertiary/aromatic N) is 5. The van der Waals surface area contributed by atoms with Crippen LogP contribution in [0.25, 0.3) is 11.3 Å². The van der Waals surface area contributed by atoms with E-state index in [1.54, 1.807) is 28.0 Å². The number of rotatable bonds is 5. The summed E-state index contributed by atoms with van der Waals surface area (Å²) in [5, 5.41) is 6.86. The molecule has 2 amide bonds. The van der Waals surface area contributed by atoms with Gasteiger partial charge in [0.15, 0.2) is 0 Å². The van der Waals surface area contributed by atoms with Crippen LogP contribution in [0.15, 0.2) is 55.0 Å². The van der Waals surface area contributed by atoms with Gasteiger partial charge in [-0.25, -0.2) is 9.97 Å². The van der Waals surface area contributed by atoms with E-state index in [1.807, 2.05) is 43.6 Å². The average molecular weight is 376 g/mol. The minimum atomic E-state index is -0.415. The van der Waals surface area contributed by atoms with Gasteiger partial charge in [-0.15, -0.1) is 0 Å². The van der Waals surface area contributed by atoms with Gasteiger partial charge in [0.2, 0.25) is 17.8 Å². The van der Waals surface area contributed by atoms with Crippen molar-refractivity contribution in [2.45, 2.75) is 13.0 Å². The van der Waals surface area contributed by atoms with Crippen molar-refractivity contribution in [3.05, 3.63) is 60.6 Å². The van der Waals surface area contributed by atoms with Gasteiger partial charge in [-0.1, -0.05) is 30.3 Å². The first-order chi connectivity index (χ1) is 13.6. The molecule has 4 rings (SSSR count). The SMILES string of the molecule is Cn1cc(-c2ccnc(NC(=O)C3CC(=O)N(Cc4ccccc4)C3)n2)cn1. The van der Waals surface area contributed by atoms with Crippen molar-refractivity contribution in [2.75, 3.05) is 11.9 Å². The molecule has 142 valence electrons. The van der Waals surface area contributed by atoms with Crippen LogP contribution >= 0.6 is 0 Å². The monoisotopic (exact) mass is 376 g/mol. The molecule has 0 aliphatic carbocycles. The van der Waals surface area contributed by atoms with Crippen LogP contribution in [0.5, 0.6) is 0 Å². The Hall–Kier alpha value is -3.55. The molecule has 0 bridgehead atoms. The number of carbonyl (C=O) groups excluding carboxylic acids is 2. The zero-order chi connectivity index (χ0) is 19.5. The molecule has 8 nitrogen and oxygen atoms in total. The number of likely N-dealkylation sites (tertiary alicyclic amines) is 1. The molecule has 1 aliphatic rings. The van der Waals surface area contributed by atoms with E-state index < -0.39 is 5.92 Å². The van der Waals surface area contributed by atoms with Gasteiger partial charge in [-0.05, 0) is 11.6 Å². The Labute approximate surface area is 162 Å². The molecule has 3 heterocycles. The fourth-order valence-corrected chi connectivity index (χ4v) is 3.25. The fourth-order valence-electron chi connectivity index (χ4n) is 3.25. The molecule has 1 unspecified atom stereocenters. The number of hydrogen-bond donors (Lipinski definition) is 1. The Morgan fingerprint density at radius 2 is 2.07 bits per heavy atom. The summed E-state index contributed by atoms with van der Waals surface area (Å²) in [6, 6.07) is 11.5. The molecular formula is C20H20N6O2. The van der Waals surface area contributed by atoms with Crippen LogP contribution in [0, 0.1) is 5.92 Å². The Morgan fingerprint density at radius 1 is 1.25 bits per heavy atom. The molecule has 1 saturated heterocycles. The number of anilines is 1. The normalized spacial score (nSPS) is 16.4. The highest BCUT2D eigenvalue weighted by Crippen LogP contribution is 2.22. The number of aromatic nitrogens is 4. The Bertz CT molecular complexity index is 1000. The summed E-state index contributed by atoms with van der Waals surface area (Å²) in [6.07, 6.45) is 5.32. The second-order valence-electron chi connectivity index (χ2n) is 6.82. The Morgan fingerprint density at radius 3 is 2.82 bits per heavy atom. The average Bonchev–Trinajstić information content (AvgIpc) is 3.29. The van der Waals surface area contributed by atoms with Crippen molar-refractivity contribution in [3.63, 3.8) is 0 Å². The zero-order valence-corrected chi connectivity index (χ0v) is 15.4. The summed E-state index contributed by atoms with van der Waals surface area (Å²) in [7, 11) is 1.83. The highest BCUT2D eigenvalue weighted by Gasteiger charge is 2.34. The van der Waals surface area contributed by atoms with E-state index in [2.05, 4.69) is 20.4 Å². The molecule has 1 fully saturated rings. The standard InChI is InChI=1S/C20H20N6O2/c1-25-12-16(10-22-25)17-7-8-21-20(23-17)24-19(28)15-9-18(27)26(13-15)11-14-5-3-2-4-6-14/h2-8,10,12,15H,9,11,13H2,1H3,(H,21,23,24,28). The summed E-state index contributed by atoms with van der Waals surface area (Å²) in [4.78, 5) is 35.1. The summed E-state index contributed by atoms with van der Waals surface area (Å²) in [6.45, 7) is 0.901. The highest BCUT2D eigenvalue weighted by molar-refractivity contribution is 5.96. The van der Waals surface area contributed by atoms with E-state index in [9.17, 15) is 9.59 Å². The number of aryl methyl sites for hydroxylation is 1. The topological polar surface area (TPSA) is 93.0 Å². The molecule has 0 saturated carbocycles. The van der Waals surface area contributed by atoms with E-state index in [4.69, 9.17) is 0 Å². The lowest BCUT2D eigenvalue weighted by atomic mass is 10.1. The van der Waals surface area contributed by atoms with Gasteiger partial charge in [0.05, 0.1) is 17.8 Å². The van der Waals surface area contributed by atoms with Gasteiger partial charge in [0, 0.05) is 44.5 Å². The van der Waals surface area contributed by atoms with Gasteiger partial charge >= 0.3 is 0 Å². The van der Waals surface area contributed by atoms with Crippen molar-refractivity contribution in [1.82, 2.24) is 24.6 Å². The van der Waals surface area contributed by atoms with Gasteiger partial charge in [0.1, 0.15) is 0 Å². The smallest absolute Gasteiger partial charge is 0.232 e. The Kier molecular flexibility index (Phi) is 4.84. The van der Waals surface area contributed by atoms with Gasteiger partial charge in [0.25, 0.3) is 0 Å². The lowest BCUT2D eigenvalue weighted by Gasteiger charge is -2.16. The molecule has 0 spiro atoms. The van der Waals surface area contributed by atoms with Crippen LogP contribution < -0.4 is 5.32 Å². The fraction of sp³-hybridized carbons (Fsp3) is 0.250. The maximum atomic E-state index is 12.6. The van der Waals surface area contributed by atoms with E-state index in [0.29, 0.717) is 18.8 Å². The lowest BCUT2D eigenvalue weighted by molar-refractivity contribution is -0.128. The molecular weight excluding hydrogens is 356 g/mol. The molecule has 1 aliphatic heterocycles. The van der Waals surface area contributed by atoms with Crippen molar-refractivity contribution in [1.29, 1.82) is 0 Å². The summed E-state index contributed by atoms with van der Waals surface area (Å²) < 4.78 is 1.68. The molecule has 3 aromatic rings. The molecule has 1 atom stereocenters. The molecule has 8 heteroatoms. The van der Waals surface area contributed by atoms with Gasteiger partial charge in [-0.3, -0.25) is 19.6 Å². The zero-order valence-electron chi connectivity index (χ0n) is 15.4. The minimum Gasteiger partial charge on any atom is -0.338 e. The number of amides is 2. The molecule has 1 aromatic carbocycles. The quantitative estimate of drug-likeness (QED) is 0.734. The third-order valence-electron chi connectivity index (χ3n) is 4.69. The van der Waals surface area contributed by atoms with Crippen LogP contribution in [0.1, 0.15) is 12.0 Å². The number of carbonyl (C=O) groups is 2. The van der Waals surface area contributed by atoms with E-state index >= 15 is 0 Å². The van der Waals surface area contributed by atoms with Crippen molar-refractivity contribution in [3.8, 4) is 11.3 Å². The first kappa shape index (κ1) is 17.8. The highest BCUT2D eigenvalue weighted by atomic mass is 16.2. The third kappa shape index (κ3) is 3.90. The summed E-state index contributed by atoms with van der Waals surface area (Å²) >= 11 is 0. The first-order valence-electron chi connectivity index (χ1n) is 9.03. The minimum absolute atomic E-state index is 0.0194. The lowest BCUT2D eigenvalue weighted by Crippen LogP contribution is -2.28. The van der Waals surface area contributed by atoms with Crippen LogP contribution in [-0.2, 0) is 23.2 Å². The Balaban J connectivity index is 1.41. The first-order valence-corrected chi connectivity index (χ1v) is 9.03.